The number of rotatable bonds is 8. The molecule has 0 unspecified atom stereocenters. The Morgan fingerprint density at radius 3 is 2.33 bits per heavy atom. The number of nitrogens with zero attached hydrogens (tertiary/aromatic N) is 1. The van der Waals surface area contributed by atoms with Gasteiger partial charge in [0.25, 0.3) is 11.8 Å². The van der Waals surface area contributed by atoms with E-state index in [-0.39, 0.29) is 17.5 Å². The SMILES string of the molecule is CCOc1ccccc1NC1=C(c2ccc(C)cc2C)C(=O)N(CCc2ccccc2)C1=O. The van der Waals surface area contributed by atoms with Gasteiger partial charge in [-0.1, -0.05) is 66.2 Å². The summed E-state index contributed by atoms with van der Waals surface area (Å²) in [5.41, 5.74) is 5.23. The van der Waals surface area contributed by atoms with E-state index in [0.29, 0.717) is 36.6 Å². The van der Waals surface area contributed by atoms with Crippen molar-refractivity contribution in [3.63, 3.8) is 0 Å². The molecule has 33 heavy (non-hydrogen) atoms. The number of anilines is 1. The molecule has 0 aromatic heterocycles. The average molecular weight is 441 g/mol. The molecule has 168 valence electrons. The standard InChI is InChI=1S/C28H28N2O3/c1-4-33-24-13-9-8-12-23(24)29-26-25(22-15-14-19(2)18-20(22)3)27(31)30(28(26)32)17-16-21-10-6-5-7-11-21/h5-15,18,29H,4,16-17H2,1-3H3. The van der Waals surface area contributed by atoms with E-state index in [1.165, 1.54) is 4.90 Å². The van der Waals surface area contributed by atoms with Crippen molar-refractivity contribution in [2.45, 2.75) is 27.2 Å². The fourth-order valence-corrected chi connectivity index (χ4v) is 4.11. The Labute approximate surface area is 194 Å². The van der Waals surface area contributed by atoms with Gasteiger partial charge in [0.2, 0.25) is 0 Å². The Morgan fingerprint density at radius 2 is 1.61 bits per heavy atom. The third-order valence-corrected chi connectivity index (χ3v) is 5.73. The van der Waals surface area contributed by atoms with Crippen LogP contribution in [0.4, 0.5) is 5.69 Å². The summed E-state index contributed by atoms with van der Waals surface area (Å²) in [7, 11) is 0. The van der Waals surface area contributed by atoms with E-state index in [2.05, 4.69) is 5.32 Å². The van der Waals surface area contributed by atoms with E-state index in [1.54, 1.807) is 0 Å². The van der Waals surface area contributed by atoms with Gasteiger partial charge in [-0.3, -0.25) is 14.5 Å². The van der Waals surface area contributed by atoms with E-state index >= 15 is 0 Å². The van der Waals surface area contributed by atoms with Gasteiger partial charge in [-0.05, 0) is 56.0 Å². The highest BCUT2D eigenvalue weighted by molar-refractivity contribution is 6.36. The first-order valence-electron chi connectivity index (χ1n) is 11.2. The molecule has 0 radical (unpaired) electrons. The second-order valence-electron chi connectivity index (χ2n) is 8.12. The molecular weight excluding hydrogens is 412 g/mol. The summed E-state index contributed by atoms with van der Waals surface area (Å²) in [6.45, 7) is 6.70. The van der Waals surface area contributed by atoms with Crippen LogP contribution in [0.5, 0.6) is 5.75 Å². The Kier molecular flexibility index (Phi) is 6.59. The van der Waals surface area contributed by atoms with Gasteiger partial charge in [-0.15, -0.1) is 0 Å². The molecule has 2 amide bonds. The molecule has 0 spiro atoms. The van der Waals surface area contributed by atoms with Crippen LogP contribution >= 0.6 is 0 Å². The summed E-state index contributed by atoms with van der Waals surface area (Å²) < 4.78 is 5.73. The molecule has 0 atom stereocenters. The molecule has 3 aromatic carbocycles. The van der Waals surface area contributed by atoms with Gasteiger partial charge >= 0.3 is 0 Å². The first kappa shape index (κ1) is 22.3. The number of imide groups is 1. The van der Waals surface area contributed by atoms with E-state index < -0.39 is 0 Å². The number of ether oxygens (including phenoxy) is 1. The fraction of sp³-hybridized carbons (Fsp3) is 0.214. The lowest BCUT2D eigenvalue weighted by atomic mass is 9.97. The lowest BCUT2D eigenvalue weighted by molar-refractivity contribution is -0.136. The van der Waals surface area contributed by atoms with Gasteiger partial charge in [0, 0.05) is 6.54 Å². The minimum atomic E-state index is -0.322. The van der Waals surface area contributed by atoms with Gasteiger partial charge in [0.05, 0.1) is 17.9 Å². The minimum Gasteiger partial charge on any atom is -0.492 e. The van der Waals surface area contributed by atoms with Crippen LogP contribution in [0.1, 0.15) is 29.2 Å². The first-order chi connectivity index (χ1) is 16.0. The van der Waals surface area contributed by atoms with Gasteiger partial charge < -0.3 is 10.1 Å². The molecule has 0 aliphatic carbocycles. The topological polar surface area (TPSA) is 58.6 Å². The van der Waals surface area contributed by atoms with Crippen molar-refractivity contribution < 1.29 is 14.3 Å². The molecule has 1 aliphatic heterocycles. The smallest absolute Gasteiger partial charge is 0.278 e. The Morgan fingerprint density at radius 1 is 0.879 bits per heavy atom. The number of nitrogens with one attached hydrogen (secondary N) is 1. The highest BCUT2D eigenvalue weighted by Gasteiger charge is 2.39. The number of benzene rings is 3. The maximum Gasteiger partial charge on any atom is 0.278 e. The molecule has 1 N–H and O–H groups in total. The van der Waals surface area contributed by atoms with Crippen LogP contribution in [0.3, 0.4) is 0 Å². The van der Waals surface area contributed by atoms with Crippen molar-refractivity contribution in [3.05, 3.63) is 101 Å². The molecule has 5 nitrogen and oxygen atoms in total. The predicted molar refractivity (Wildman–Crippen MR) is 131 cm³/mol. The molecule has 1 heterocycles. The van der Waals surface area contributed by atoms with Crippen LogP contribution < -0.4 is 10.1 Å². The van der Waals surface area contributed by atoms with Crippen molar-refractivity contribution >= 4 is 23.1 Å². The Bertz CT molecular complexity index is 1210. The van der Waals surface area contributed by atoms with Gasteiger partial charge in [0.15, 0.2) is 0 Å². The molecule has 3 aromatic rings. The lowest BCUT2D eigenvalue weighted by Crippen LogP contribution is -2.34. The van der Waals surface area contributed by atoms with Crippen molar-refractivity contribution in [1.82, 2.24) is 4.90 Å². The number of hydrogen-bond donors (Lipinski definition) is 1. The van der Waals surface area contributed by atoms with Crippen molar-refractivity contribution in [1.29, 1.82) is 0 Å². The zero-order valence-corrected chi connectivity index (χ0v) is 19.2. The van der Waals surface area contributed by atoms with Crippen LogP contribution in [0, 0.1) is 13.8 Å². The second-order valence-corrected chi connectivity index (χ2v) is 8.12. The van der Waals surface area contributed by atoms with E-state index in [9.17, 15) is 9.59 Å². The van der Waals surface area contributed by atoms with E-state index in [4.69, 9.17) is 4.74 Å². The second kappa shape index (κ2) is 9.74. The third kappa shape index (κ3) is 4.67. The average Bonchev–Trinajstić information content (AvgIpc) is 3.04. The molecule has 0 saturated carbocycles. The molecule has 1 aliphatic rings. The molecule has 5 heteroatoms. The summed E-state index contributed by atoms with van der Waals surface area (Å²) in [5, 5.41) is 3.24. The zero-order chi connectivity index (χ0) is 23.4. The monoisotopic (exact) mass is 440 g/mol. The normalized spacial score (nSPS) is 13.6. The van der Waals surface area contributed by atoms with E-state index in [0.717, 1.165) is 22.3 Å². The minimum absolute atomic E-state index is 0.278. The molecule has 4 rings (SSSR count). The highest BCUT2D eigenvalue weighted by atomic mass is 16.5. The summed E-state index contributed by atoms with van der Waals surface area (Å²) >= 11 is 0. The van der Waals surface area contributed by atoms with Gasteiger partial charge in [0.1, 0.15) is 11.4 Å². The van der Waals surface area contributed by atoms with Crippen molar-refractivity contribution in [2.24, 2.45) is 0 Å². The van der Waals surface area contributed by atoms with Crippen molar-refractivity contribution in [2.75, 3.05) is 18.5 Å². The Balaban J connectivity index is 1.73. The van der Waals surface area contributed by atoms with Crippen LogP contribution in [-0.4, -0.2) is 29.9 Å². The quantitative estimate of drug-likeness (QED) is 0.493. The van der Waals surface area contributed by atoms with Gasteiger partial charge in [-0.2, -0.15) is 0 Å². The molecule has 0 bridgehead atoms. The number of aryl methyl sites for hydroxylation is 2. The number of para-hydroxylation sites is 2. The third-order valence-electron chi connectivity index (χ3n) is 5.73. The van der Waals surface area contributed by atoms with E-state index in [1.807, 2.05) is 93.6 Å². The summed E-state index contributed by atoms with van der Waals surface area (Å²) in [6.07, 6.45) is 0.599. The molecule has 0 saturated heterocycles. The van der Waals surface area contributed by atoms with Crippen molar-refractivity contribution in [3.8, 4) is 5.75 Å². The Hall–Kier alpha value is -3.86. The number of carbonyl (C=O) groups excluding carboxylic acids is 2. The number of hydrogen-bond acceptors (Lipinski definition) is 4. The van der Waals surface area contributed by atoms with Crippen LogP contribution in [0.25, 0.3) is 5.57 Å². The number of carbonyl (C=O) groups is 2. The maximum atomic E-state index is 13.6. The van der Waals surface area contributed by atoms with Gasteiger partial charge in [-0.25, -0.2) is 0 Å². The van der Waals surface area contributed by atoms with Crippen LogP contribution in [0.2, 0.25) is 0 Å². The summed E-state index contributed by atoms with van der Waals surface area (Å²) in [5.74, 6) is 0.0342. The van der Waals surface area contributed by atoms with Crippen LogP contribution in [-0.2, 0) is 16.0 Å². The van der Waals surface area contributed by atoms with Crippen LogP contribution in [0.15, 0.2) is 78.5 Å². The number of amides is 2. The summed E-state index contributed by atoms with van der Waals surface area (Å²) in [6, 6.07) is 23.2. The first-order valence-corrected chi connectivity index (χ1v) is 11.2. The predicted octanol–water partition coefficient (Wildman–Crippen LogP) is 5.14. The summed E-state index contributed by atoms with van der Waals surface area (Å²) in [4.78, 5) is 28.4. The zero-order valence-electron chi connectivity index (χ0n) is 19.2. The largest absolute Gasteiger partial charge is 0.492 e. The lowest BCUT2D eigenvalue weighted by Gasteiger charge is -2.16. The molecule has 0 fully saturated rings. The fourth-order valence-electron chi connectivity index (χ4n) is 4.11. The highest BCUT2D eigenvalue weighted by Crippen LogP contribution is 2.34. The maximum absolute atomic E-state index is 13.6. The molecular formula is C28H28N2O3.